The number of rotatable bonds is 3. The zero-order valence-corrected chi connectivity index (χ0v) is 8.08. The monoisotopic (exact) mass is 218 g/mol. The Morgan fingerprint density at radius 1 is 1.64 bits per heavy atom. The topological polar surface area (TPSA) is 46.5 Å². The number of carboxylic acid groups (broad SMARTS) is 1. The minimum Gasteiger partial charge on any atom is -0.479 e. The Balaban J connectivity index is 2.78. The molecule has 14 heavy (non-hydrogen) atoms. The fourth-order valence-electron chi connectivity index (χ4n) is 0.805. The lowest BCUT2D eigenvalue weighted by Gasteiger charge is -2.10. The first kappa shape index (κ1) is 10.8. The van der Waals surface area contributed by atoms with Crippen LogP contribution in [0.15, 0.2) is 18.2 Å². The van der Waals surface area contributed by atoms with Crippen molar-refractivity contribution in [3.05, 3.63) is 29.0 Å². The Bertz CT molecular complexity index is 354. The number of benzene rings is 1. The van der Waals surface area contributed by atoms with Crippen LogP contribution < -0.4 is 4.74 Å². The predicted molar refractivity (Wildman–Crippen MR) is 49.1 cm³/mol. The van der Waals surface area contributed by atoms with Gasteiger partial charge in [0.25, 0.3) is 0 Å². The van der Waals surface area contributed by atoms with Crippen molar-refractivity contribution >= 4 is 17.6 Å². The molecule has 0 aromatic heterocycles. The molecule has 5 heteroatoms. The van der Waals surface area contributed by atoms with Crippen LogP contribution in [0.1, 0.15) is 6.92 Å². The van der Waals surface area contributed by atoms with Gasteiger partial charge in [-0.2, -0.15) is 0 Å². The molecule has 0 saturated heterocycles. The van der Waals surface area contributed by atoms with Crippen molar-refractivity contribution in [1.82, 2.24) is 0 Å². The average Bonchev–Trinajstić information content (AvgIpc) is 2.11. The normalized spacial score (nSPS) is 12.2. The molecule has 0 unspecified atom stereocenters. The highest BCUT2D eigenvalue weighted by Gasteiger charge is 2.12. The molecule has 0 aliphatic heterocycles. The lowest BCUT2D eigenvalue weighted by Crippen LogP contribution is -2.22. The first-order chi connectivity index (χ1) is 6.50. The van der Waals surface area contributed by atoms with E-state index >= 15 is 0 Å². The Labute approximate surface area is 85.1 Å². The minimum absolute atomic E-state index is 0.0971. The van der Waals surface area contributed by atoms with Gasteiger partial charge in [-0.25, -0.2) is 9.18 Å². The lowest BCUT2D eigenvalue weighted by atomic mass is 10.3. The first-order valence-electron chi connectivity index (χ1n) is 3.85. The van der Waals surface area contributed by atoms with Crippen molar-refractivity contribution in [3.8, 4) is 5.75 Å². The number of carbonyl (C=O) groups is 1. The van der Waals surface area contributed by atoms with Gasteiger partial charge in [0.1, 0.15) is 11.6 Å². The molecule has 1 aromatic rings. The molecule has 0 radical (unpaired) electrons. The molecular formula is C9H8ClFO3. The van der Waals surface area contributed by atoms with Crippen LogP contribution in [-0.4, -0.2) is 17.2 Å². The maximum Gasteiger partial charge on any atom is 0.344 e. The van der Waals surface area contributed by atoms with E-state index in [-0.39, 0.29) is 10.8 Å². The molecule has 0 saturated carbocycles. The molecule has 0 amide bonds. The number of hydrogen-bond acceptors (Lipinski definition) is 2. The largest absolute Gasteiger partial charge is 0.479 e. The van der Waals surface area contributed by atoms with Crippen molar-refractivity contribution < 1.29 is 19.0 Å². The van der Waals surface area contributed by atoms with E-state index in [0.29, 0.717) is 0 Å². The molecule has 0 heterocycles. The van der Waals surface area contributed by atoms with E-state index in [0.717, 1.165) is 6.07 Å². The van der Waals surface area contributed by atoms with Crippen LogP contribution in [0, 0.1) is 5.82 Å². The third kappa shape index (κ3) is 2.60. The smallest absolute Gasteiger partial charge is 0.344 e. The number of aliphatic carboxylic acids is 1. The summed E-state index contributed by atoms with van der Waals surface area (Å²) in [4.78, 5) is 10.4. The summed E-state index contributed by atoms with van der Waals surface area (Å²) in [5.41, 5.74) is 0. The fraction of sp³-hybridized carbons (Fsp3) is 0.222. The second-order valence-corrected chi connectivity index (χ2v) is 3.08. The van der Waals surface area contributed by atoms with Gasteiger partial charge < -0.3 is 9.84 Å². The minimum atomic E-state index is -1.09. The molecule has 0 fully saturated rings. The van der Waals surface area contributed by atoms with Crippen LogP contribution in [0.4, 0.5) is 4.39 Å². The number of hydrogen-bond donors (Lipinski definition) is 1. The van der Waals surface area contributed by atoms with E-state index in [1.807, 2.05) is 0 Å². The molecule has 3 nitrogen and oxygen atoms in total. The number of carboxylic acids is 1. The van der Waals surface area contributed by atoms with Gasteiger partial charge in [-0.1, -0.05) is 11.6 Å². The number of ether oxygens (including phenoxy) is 1. The lowest BCUT2D eigenvalue weighted by molar-refractivity contribution is -0.144. The molecule has 1 rings (SSSR count). The molecule has 1 atom stereocenters. The van der Waals surface area contributed by atoms with Gasteiger partial charge in [0.15, 0.2) is 6.10 Å². The summed E-state index contributed by atoms with van der Waals surface area (Å²) >= 11 is 5.47. The van der Waals surface area contributed by atoms with Crippen LogP contribution in [0.3, 0.4) is 0 Å². The molecule has 0 bridgehead atoms. The Morgan fingerprint density at radius 2 is 2.29 bits per heavy atom. The van der Waals surface area contributed by atoms with E-state index in [1.54, 1.807) is 0 Å². The van der Waals surface area contributed by atoms with Crippen molar-refractivity contribution in [2.45, 2.75) is 13.0 Å². The zero-order valence-electron chi connectivity index (χ0n) is 7.33. The second-order valence-electron chi connectivity index (χ2n) is 2.67. The summed E-state index contributed by atoms with van der Waals surface area (Å²) in [6.07, 6.45) is -0.989. The highest BCUT2D eigenvalue weighted by atomic mass is 35.5. The van der Waals surface area contributed by atoms with E-state index in [4.69, 9.17) is 21.4 Å². The zero-order chi connectivity index (χ0) is 10.7. The van der Waals surface area contributed by atoms with Crippen LogP contribution >= 0.6 is 11.6 Å². The van der Waals surface area contributed by atoms with E-state index in [2.05, 4.69) is 0 Å². The van der Waals surface area contributed by atoms with Gasteiger partial charge >= 0.3 is 5.97 Å². The van der Waals surface area contributed by atoms with Crippen molar-refractivity contribution in [1.29, 1.82) is 0 Å². The highest BCUT2D eigenvalue weighted by molar-refractivity contribution is 6.30. The van der Waals surface area contributed by atoms with Crippen LogP contribution in [0.2, 0.25) is 5.02 Å². The van der Waals surface area contributed by atoms with Gasteiger partial charge in [-0.3, -0.25) is 0 Å². The summed E-state index contributed by atoms with van der Waals surface area (Å²) < 4.78 is 17.7. The van der Waals surface area contributed by atoms with Crippen molar-refractivity contribution in [3.63, 3.8) is 0 Å². The Morgan fingerprint density at radius 3 is 2.79 bits per heavy atom. The van der Waals surface area contributed by atoms with Gasteiger partial charge in [0.05, 0.1) is 5.02 Å². The van der Waals surface area contributed by atoms with E-state index in [9.17, 15) is 9.18 Å². The average molecular weight is 219 g/mol. The molecule has 0 spiro atoms. The fourth-order valence-corrected chi connectivity index (χ4v) is 0.975. The van der Waals surface area contributed by atoms with Gasteiger partial charge in [-0.05, 0) is 19.1 Å². The maximum absolute atomic E-state index is 12.7. The Kier molecular flexibility index (Phi) is 3.30. The van der Waals surface area contributed by atoms with E-state index in [1.165, 1.54) is 19.1 Å². The van der Waals surface area contributed by atoms with Gasteiger partial charge in [0.2, 0.25) is 0 Å². The molecule has 0 aliphatic carbocycles. The molecule has 76 valence electrons. The van der Waals surface area contributed by atoms with Crippen LogP contribution in [0.25, 0.3) is 0 Å². The summed E-state index contributed by atoms with van der Waals surface area (Å²) in [6, 6.07) is 3.67. The molecule has 1 N–H and O–H groups in total. The molecule has 1 aromatic carbocycles. The maximum atomic E-state index is 12.7. The number of halogens is 2. The summed E-state index contributed by atoms with van der Waals surface area (Å²) in [5.74, 6) is -1.43. The standard InChI is InChI=1S/C9H8ClFO3/c1-5(9(12)13)14-6-2-3-8(11)7(10)4-6/h2-5H,1H3,(H,12,13)/t5-/m1/s1. The predicted octanol–water partition coefficient (Wildman–Crippen LogP) is 2.33. The SMILES string of the molecule is C[C@@H](Oc1ccc(F)c(Cl)c1)C(=O)O. The Hall–Kier alpha value is -1.29. The second kappa shape index (κ2) is 4.28. The molecular weight excluding hydrogens is 211 g/mol. The summed E-state index contributed by atoms with van der Waals surface area (Å²) in [6.45, 7) is 1.37. The highest BCUT2D eigenvalue weighted by Crippen LogP contribution is 2.21. The third-order valence-corrected chi connectivity index (χ3v) is 1.84. The quantitative estimate of drug-likeness (QED) is 0.847. The third-order valence-electron chi connectivity index (χ3n) is 1.55. The summed E-state index contributed by atoms with van der Waals surface area (Å²) in [7, 11) is 0. The van der Waals surface area contributed by atoms with Crippen molar-refractivity contribution in [2.75, 3.05) is 0 Å². The summed E-state index contributed by atoms with van der Waals surface area (Å²) in [5, 5.41) is 8.44. The van der Waals surface area contributed by atoms with Gasteiger partial charge in [0, 0.05) is 6.07 Å². The first-order valence-corrected chi connectivity index (χ1v) is 4.23. The van der Waals surface area contributed by atoms with Gasteiger partial charge in [-0.15, -0.1) is 0 Å². The van der Waals surface area contributed by atoms with E-state index < -0.39 is 17.9 Å². The van der Waals surface area contributed by atoms with Crippen LogP contribution in [0.5, 0.6) is 5.75 Å². The van der Waals surface area contributed by atoms with Crippen molar-refractivity contribution in [2.24, 2.45) is 0 Å². The molecule has 0 aliphatic rings. The van der Waals surface area contributed by atoms with Crippen LogP contribution in [-0.2, 0) is 4.79 Å².